The summed E-state index contributed by atoms with van der Waals surface area (Å²) in [5, 5.41) is 3.20. The van der Waals surface area contributed by atoms with Crippen molar-refractivity contribution in [3.8, 4) is 5.75 Å². The van der Waals surface area contributed by atoms with Crippen LogP contribution in [0.3, 0.4) is 0 Å². The van der Waals surface area contributed by atoms with Crippen molar-refractivity contribution in [3.05, 3.63) is 89.4 Å². The van der Waals surface area contributed by atoms with Crippen molar-refractivity contribution in [1.82, 2.24) is 10.2 Å². The van der Waals surface area contributed by atoms with E-state index in [2.05, 4.69) is 5.32 Å². The minimum atomic E-state index is -4.22. The van der Waals surface area contributed by atoms with Crippen LogP contribution in [0.25, 0.3) is 0 Å². The van der Waals surface area contributed by atoms with Gasteiger partial charge in [0.2, 0.25) is 11.8 Å². The van der Waals surface area contributed by atoms with Crippen molar-refractivity contribution in [2.75, 3.05) is 24.5 Å². The molecule has 0 saturated heterocycles. The van der Waals surface area contributed by atoms with Gasteiger partial charge in [0, 0.05) is 17.6 Å². The highest BCUT2D eigenvalue weighted by Gasteiger charge is 2.34. The molecule has 40 heavy (non-hydrogen) atoms. The normalized spacial score (nSPS) is 12.7. The fraction of sp³-hybridized carbons (Fsp3) is 0.333. The second kappa shape index (κ2) is 14.2. The zero-order valence-electron chi connectivity index (χ0n) is 23.2. The number of carbonyl (C=O) groups excluding carboxylic acids is 2. The van der Waals surface area contributed by atoms with Crippen molar-refractivity contribution < 1.29 is 22.7 Å². The van der Waals surface area contributed by atoms with Gasteiger partial charge in [-0.15, -0.1) is 0 Å². The Hall–Kier alpha value is -3.56. The van der Waals surface area contributed by atoms with E-state index in [1.165, 1.54) is 30.2 Å². The van der Waals surface area contributed by atoms with Crippen molar-refractivity contribution in [3.63, 3.8) is 0 Å². The van der Waals surface area contributed by atoms with Crippen LogP contribution in [-0.4, -0.2) is 57.4 Å². The number of carbonyl (C=O) groups is 2. The number of hydrogen-bond donors (Lipinski definition) is 1. The fourth-order valence-corrected chi connectivity index (χ4v) is 5.73. The number of rotatable bonds is 13. The van der Waals surface area contributed by atoms with Crippen LogP contribution in [0.2, 0.25) is 5.02 Å². The predicted molar refractivity (Wildman–Crippen MR) is 158 cm³/mol. The molecule has 10 heteroatoms. The molecule has 3 aromatic carbocycles. The molecule has 1 N–H and O–H groups in total. The molecule has 3 aromatic rings. The van der Waals surface area contributed by atoms with Crippen molar-refractivity contribution in [2.45, 2.75) is 50.6 Å². The first-order valence-corrected chi connectivity index (χ1v) is 14.9. The quantitative estimate of drug-likeness (QED) is 0.307. The van der Waals surface area contributed by atoms with Crippen LogP contribution < -0.4 is 14.4 Å². The van der Waals surface area contributed by atoms with Crippen LogP contribution in [0, 0.1) is 0 Å². The molecule has 3 rings (SSSR count). The largest absolute Gasteiger partial charge is 0.495 e. The highest BCUT2D eigenvalue weighted by molar-refractivity contribution is 7.92. The minimum Gasteiger partial charge on any atom is -0.495 e. The summed E-state index contributed by atoms with van der Waals surface area (Å²) in [4.78, 5) is 28.5. The van der Waals surface area contributed by atoms with Gasteiger partial charge in [0.05, 0.1) is 17.7 Å². The monoisotopic (exact) mass is 585 g/mol. The van der Waals surface area contributed by atoms with Crippen molar-refractivity contribution in [2.24, 2.45) is 0 Å². The van der Waals surface area contributed by atoms with Crippen LogP contribution in [0.5, 0.6) is 5.75 Å². The second-order valence-corrected chi connectivity index (χ2v) is 11.8. The van der Waals surface area contributed by atoms with Gasteiger partial charge in [0.1, 0.15) is 18.3 Å². The Morgan fingerprint density at radius 1 is 0.975 bits per heavy atom. The summed E-state index contributed by atoms with van der Waals surface area (Å²) in [5.41, 5.74) is 1.10. The van der Waals surface area contributed by atoms with E-state index >= 15 is 0 Å². The lowest BCUT2D eigenvalue weighted by Crippen LogP contribution is -2.53. The topological polar surface area (TPSA) is 96.0 Å². The van der Waals surface area contributed by atoms with Crippen LogP contribution >= 0.6 is 11.6 Å². The molecular formula is C30H36ClN3O5S. The summed E-state index contributed by atoms with van der Waals surface area (Å²) in [6.45, 7) is 5.14. The molecule has 0 aromatic heterocycles. The van der Waals surface area contributed by atoms with E-state index in [9.17, 15) is 18.0 Å². The Morgan fingerprint density at radius 2 is 1.60 bits per heavy atom. The molecule has 0 unspecified atom stereocenters. The summed E-state index contributed by atoms with van der Waals surface area (Å²) >= 11 is 6.26. The number of hydrogen-bond acceptors (Lipinski definition) is 5. The van der Waals surface area contributed by atoms with Crippen LogP contribution in [0.1, 0.15) is 32.8 Å². The molecule has 0 heterocycles. The van der Waals surface area contributed by atoms with Gasteiger partial charge in [0.15, 0.2) is 0 Å². The molecule has 0 saturated carbocycles. The number of ether oxygens (including phenoxy) is 1. The molecule has 214 valence electrons. The first-order chi connectivity index (χ1) is 19.1. The van der Waals surface area contributed by atoms with Crippen LogP contribution in [-0.2, 0) is 26.0 Å². The number of methoxy groups -OCH3 is 1. The van der Waals surface area contributed by atoms with E-state index in [0.717, 1.165) is 16.3 Å². The first-order valence-electron chi connectivity index (χ1n) is 13.1. The average molecular weight is 586 g/mol. The van der Waals surface area contributed by atoms with Gasteiger partial charge in [-0.05, 0) is 62.6 Å². The number of amides is 2. The number of nitrogens with zero attached hydrogens (tertiary/aromatic N) is 2. The third-order valence-electron chi connectivity index (χ3n) is 6.67. The second-order valence-electron chi connectivity index (χ2n) is 9.46. The minimum absolute atomic E-state index is 0.00299. The summed E-state index contributed by atoms with van der Waals surface area (Å²) in [6.07, 6.45) is 1.22. The lowest BCUT2D eigenvalue weighted by atomic mass is 10.1. The van der Waals surface area contributed by atoms with Gasteiger partial charge in [-0.2, -0.15) is 0 Å². The van der Waals surface area contributed by atoms with E-state index in [1.54, 1.807) is 37.3 Å². The zero-order chi connectivity index (χ0) is 29.3. The SMILES string of the molecule is CC[C@H](C)NC(=O)[C@@H](C)N(CCc1ccccc1)C(=O)CN(c1cc(Cl)ccc1OC)S(=O)(=O)c1ccccc1. The van der Waals surface area contributed by atoms with Gasteiger partial charge in [-0.1, -0.05) is 67.1 Å². The molecule has 8 nitrogen and oxygen atoms in total. The van der Waals surface area contributed by atoms with E-state index in [4.69, 9.17) is 16.3 Å². The summed E-state index contributed by atoms with van der Waals surface area (Å²) < 4.78 is 34.3. The number of nitrogens with one attached hydrogen (secondary N) is 1. The van der Waals surface area contributed by atoms with E-state index in [0.29, 0.717) is 6.42 Å². The van der Waals surface area contributed by atoms with Gasteiger partial charge < -0.3 is 15.0 Å². The van der Waals surface area contributed by atoms with E-state index in [1.807, 2.05) is 44.2 Å². The maximum atomic E-state index is 14.0. The molecule has 0 spiro atoms. The zero-order valence-corrected chi connectivity index (χ0v) is 24.8. The fourth-order valence-electron chi connectivity index (χ4n) is 4.13. The predicted octanol–water partition coefficient (Wildman–Crippen LogP) is 4.92. The number of anilines is 1. The molecule has 0 aliphatic carbocycles. The molecule has 0 bridgehead atoms. The Labute approximate surface area is 241 Å². The van der Waals surface area contributed by atoms with E-state index < -0.39 is 28.5 Å². The van der Waals surface area contributed by atoms with Crippen molar-refractivity contribution in [1.29, 1.82) is 0 Å². The van der Waals surface area contributed by atoms with Gasteiger partial charge in [0.25, 0.3) is 10.0 Å². The Kier molecular flexibility index (Phi) is 11.0. The molecule has 2 atom stereocenters. The molecule has 0 aliphatic heterocycles. The smallest absolute Gasteiger partial charge is 0.264 e. The van der Waals surface area contributed by atoms with Crippen LogP contribution in [0.4, 0.5) is 5.69 Å². The first kappa shape index (κ1) is 31.0. The molecule has 0 aliphatic rings. The van der Waals surface area contributed by atoms with Crippen LogP contribution in [0.15, 0.2) is 83.8 Å². The maximum Gasteiger partial charge on any atom is 0.264 e. The average Bonchev–Trinajstić information content (AvgIpc) is 2.96. The number of benzene rings is 3. The molecule has 2 amide bonds. The third kappa shape index (κ3) is 7.76. The number of halogens is 1. The van der Waals surface area contributed by atoms with Gasteiger partial charge >= 0.3 is 0 Å². The summed E-state index contributed by atoms with van der Waals surface area (Å²) in [6, 6.07) is 21.1. The Balaban J connectivity index is 2.03. The molecule has 0 fully saturated rings. The van der Waals surface area contributed by atoms with Gasteiger partial charge in [-0.3, -0.25) is 13.9 Å². The summed E-state index contributed by atoms with van der Waals surface area (Å²) in [5.74, 6) is -0.618. The third-order valence-corrected chi connectivity index (χ3v) is 8.68. The van der Waals surface area contributed by atoms with E-state index in [-0.39, 0.29) is 39.8 Å². The Morgan fingerprint density at radius 3 is 2.20 bits per heavy atom. The Bertz CT molecular complexity index is 1390. The highest BCUT2D eigenvalue weighted by Crippen LogP contribution is 2.35. The summed E-state index contributed by atoms with van der Waals surface area (Å²) in [7, 11) is -2.81. The van der Waals surface area contributed by atoms with Gasteiger partial charge in [-0.25, -0.2) is 8.42 Å². The van der Waals surface area contributed by atoms with Crippen molar-refractivity contribution >= 4 is 39.1 Å². The highest BCUT2D eigenvalue weighted by atomic mass is 35.5. The maximum absolute atomic E-state index is 14.0. The number of sulfonamides is 1. The molecular weight excluding hydrogens is 550 g/mol. The molecule has 0 radical (unpaired) electrons. The lowest BCUT2D eigenvalue weighted by molar-refractivity contribution is -0.139. The standard InChI is InChI=1S/C30H36ClN3O5S/c1-5-22(2)32-30(36)23(3)33(19-18-24-12-8-6-9-13-24)29(35)21-34(27-20-25(31)16-17-28(27)39-4)40(37,38)26-14-10-7-11-15-26/h6-17,20,22-23H,5,18-19,21H2,1-4H3,(H,32,36)/t22-,23+/m0/s1. The lowest BCUT2D eigenvalue weighted by Gasteiger charge is -2.32.